The maximum Gasteiger partial charge on any atom is 0.251 e. The van der Waals surface area contributed by atoms with Gasteiger partial charge < -0.3 is 5.32 Å². The minimum Gasteiger partial charge on any atom is -0.352 e. The average molecular weight is 235 g/mol. The zero-order chi connectivity index (χ0) is 11.4. The Morgan fingerprint density at radius 2 is 2.00 bits per heavy atom. The fraction of sp³-hybridized carbons (Fsp3) is 0.462. The van der Waals surface area contributed by atoms with E-state index in [2.05, 4.69) is 17.9 Å². The Labute approximate surface area is 102 Å². The molecule has 0 bridgehead atoms. The Morgan fingerprint density at radius 3 is 2.56 bits per heavy atom. The van der Waals surface area contributed by atoms with Crippen LogP contribution in [0.5, 0.6) is 0 Å². The van der Waals surface area contributed by atoms with Gasteiger partial charge in [0, 0.05) is 17.0 Å². The second-order valence-corrected chi connectivity index (χ2v) is 4.90. The van der Waals surface area contributed by atoms with Crippen molar-refractivity contribution >= 4 is 18.5 Å². The van der Waals surface area contributed by atoms with Crippen molar-refractivity contribution in [2.45, 2.75) is 30.6 Å². The molecule has 1 saturated carbocycles. The maximum atomic E-state index is 11.7. The van der Waals surface area contributed by atoms with Crippen LogP contribution in [0, 0.1) is 5.92 Å². The lowest BCUT2D eigenvalue weighted by Crippen LogP contribution is -2.27. The highest BCUT2D eigenvalue weighted by Crippen LogP contribution is 2.28. The number of rotatable bonds is 4. The predicted molar refractivity (Wildman–Crippen MR) is 68.0 cm³/mol. The zero-order valence-corrected chi connectivity index (χ0v) is 10.2. The van der Waals surface area contributed by atoms with Crippen molar-refractivity contribution in [2.75, 3.05) is 6.54 Å². The van der Waals surface area contributed by atoms with Crippen LogP contribution in [0.25, 0.3) is 0 Å². The molecule has 0 radical (unpaired) electrons. The molecule has 2 rings (SSSR count). The summed E-state index contributed by atoms with van der Waals surface area (Å²) in [5.74, 6) is 0.868. The molecule has 0 saturated heterocycles. The lowest BCUT2D eigenvalue weighted by atomic mass is 9.83. The van der Waals surface area contributed by atoms with Crippen molar-refractivity contribution in [2.24, 2.45) is 5.92 Å². The maximum absolute atomic E-state index is 11.7. The van der Waals surface area contributed by atoms with Crippen molar-refractivity contribution in [1.29, 1.82) is 0 Å². The molecule has 3 heteroatoms. The van der Waals surface area contributed by atoms with Crippen molar-refractivity contribution in [3.05, 3.63) is 29.8 Å². The molecular formula is C13H17NOS. The second-order valence-electron chi connectivity index (χ2n) is 4.39. The number of benzene rings is 1. The van der Waals surface area contributed by atoms with Gasteiger partial charge >= 0.3 is 0 Å². The molecule has 1 aromatic rings. The van der Waals surface area contributed by atoms with E-state index in [-0.39, 0.29) is 5.91 Å². The summed E-state index contributed by atoms with van der Waals surface area (Å²) in [5.41, 5.74) is 0.714. The van der Waals surface area contributed by atoms with Gasteiger partial charge in [0.2, 0.25) is 0 Å². The summed E-state index contributed by atoms with van der Waals surface area (Å²) in [4.78, 5) is 12.6. The molecule has 0 spiro atoms. The van der Waals surface area contributed by atoms with Crippen LogP contribution in [-0.2, 0) is 0 Å². The lowest BCUT2D eigenvalue weighted by molar-refractivity contribution is 0.0949. The van der Waals surface area contributed by atoms with Gasteiger partial charge in [-0.2, -0.15) is 0 Å². The standard InChI is InChI=1S/C13H17NOS/c15-13(11-4-6-12(16)7-5-11)14-9-8-10-2-1-3-10/h4-7,10,16H,1-3,8-9H2,(H,14,15). The number of hydrogen-bond acceptors (Lipinski definition) is 2. The molecule has 0 aliphatic heterocycles. The third-order valence-electron chi connectivity index (χ3n) is 3.19. The number of thiol groups is 1. The highest BCUT2D eigenvalue weighted by atomic mass is 32.1. The predicted octanol–water partition coefficient (Wildman–Crippen LogP) is 2.90. The minimum atomic E-state index is 0.0210. The van der Waals surface area contributed by atoms with Crippen LogP contribution in [0.2, 0.25) is 0 Å². The summed E-state index contributed by atoms with van der Waals surface area (Å²) in [6, 6.07) is 7.29. The van der Waals surface area contributed by atoms with Crippen LogP contribution in [0.1, 0.15) is 36.0 Å². The van der Waals surface area contributed by atoms with Gasteiger partial charge in [-0.15, -0.1) is 12.6 Å². The molecule has 2 nitrogen and oxygen atoms in total. The Balaban J connectivity index is 1.76. The van der Waals surface area contributed by atoms with Crippen molar-refractivity contribution in [1.82, 2.24) is 5.32 Å². The van der Waals surface area contributed by atoms with Gasteiger partial charge in [0.1, 0.15) is 0 Å². The van der Waals surface area contributed by atoms with Crippen LogP contribution >= 0.6 is 12.6 Å². The molecule has 86 valence electrons. The SMILES string of the molecule is O=C(NCCC1CCC1)c1ccc(S)cc1. The number of hydrogen-bond donors (Lipinski definition) is 2. The van der Waals surface area contributed by atoms with E-state index in [0.717, 1.165) is 23.8 Å². The van der Waals surface area contributed by atoms with Gasteiger partial charge in [-0.3, -0.25) is 4.79 Å². The van der Waals surface area contributed by atoms with Gasteiger partial charge in [-0.1, -0.05) is 19.3 Å². The first-order valence-electron chi connectivity index (χ1n) is 5.83. The number of amides is 1. The van der Waals surface area contributed by atoms with E-state index in [1.54, 1.807) is 12.1 Å². The van der Waals surface area contributed by atoms with Crippen LogP contribution in [0.4, 0.5) is 0 Å². The van der Waals surface area contributed by atoms with Gasteiger partial charge in [0.05, 0.1) is 0 Å². The van der Waals surface area contributed by atoms with Crippen LogP contribution in [0.15, 0.2) is 29.2 Å². The highest BCUT2D eigenvalue weighted by Gasteiger charge is 2.16. The molecule has 0 unspecified atom stereocenters. The fourth-order valence-corrected chi connectivity index (χ4v) is 2.04. The minimum absolute atomic E-state index is 0.0210. The first-order valence-corrected chi connectivity index (χ1v) is 6.27. The van der Waals surface area contributed by atoms with Crippen LogP contribution in [0.3, 0.4) is 0 Å². The number of nitrogens with one attached hydrogen (secondary N) is 1. The van der Waals surface area contributed by atoms with Crippen molar-refractivity contribution in [3.63, 3.8) is 0 Å². The summed E-state index contributed by atoms with van der Waals surface area (Å²) in [6.45, 7) is 0.798. The first kappa shape index (κ1) is 11.5. The van der Waals surface area contributed by atoms with E-state index >= 15 is 0 Å². The largest absolute Gasteiger partial charge is 0.352 e. The third kappa shape index (κ3) is 3.01. The van der Waals surface area contributed by atoms with Crippen molar-refractivity contribution in [3.8, 4) is 0 Å². The molecule has 1 aliphatic carbocycles. The molecule has 0 aromatic heterocycles. The summed E-state index contributed by atoms with van der Waals surface area (Å²) in [5, 5.41) is 2.95. The van der Waals surface area contributed by atoms with E-state index in [1.807, 2.05) is 12.1 Å². The quantitative estimate of drug-likeness (QED) is 0.772. The third-order valence-corrected chi connectivity index (χ3v) is 3.49. The zero-order valence-electron chi connectivity index (χ0n) is 9.28. The lowest BCUT2D eigenvalue weighted by Gasteiger charge is -2.25. The topological polar surface area (TPSA) is 29.1 Å². The second kappa shape index (κ2) is 5.39. The summed E-state index contributed by atoms with van der Waals surface area (Å²) < 4.78 is 0. The number of carbonyl (C=O) groups excluding carboxylic acids is 1. The fourth-order valence-electron chi connectivity index (χ4n) is 1.89. The van der Waals surface area contributed by atoms with E-state index in [4.69, 9.17) is 0 Å². The molecule has 1 N–H and O–H groups in total. The number of carbonyl (C=O) groups is 1. The van der Waals surface area contributed by atoms with Gasteiger partial charge in [-0.25, -0.2) is 0 Å². The van der Waals surface area contributed by atoms with Crippen LogP contribution in [-0.4, -0.2) is 12.5 Å². The van der Waals surface area contributed by atoms with Gasteiger partial charge in [0.25, 0.3) is 5.91 Å². The van der Waals surface area contributed by atoms with E-state index < -0.39 is 0 Å². The molecular weight excluding hydrogens is 218 g/mol. The Morgan fingerprint density at radius 1 is 1.31 bits per heavy atom. The van der Waals surface area contributed by atoms with E-state index in [0.29, 0.717) is 5.56 Å². The van der Waals surface area contributed by atoms with Gasteiger partial charge in [-0.05, 0) is 36.6 Å². The Bertz CT molecular complexity index is 357. The summed E-state index contributed by atoms with van der Waals surface area (Å²) >= 11 is 4.19. The smallest absolute Gasteiger partial charge is 0.251 e. The van der Waals surface area contributed by atoms with E-state index in [9.17, 15) is 4.79 Å². The Kier molecular flexibility index (Phi) is 3.88. The molecule has 0 atom stereocenters. The first-order chi connectivity index (χ1) is 7.75. The normalized spacial score (nSPS) is 15.6. The summed E-state index contributed by atoms with van der Waals surface area (Å²) in [6.07, 6.45) is 5.16. The molecule has 1 aliphatic rings. The van der Waals surface area contributed by atoms with E-state index in [1.165, 1.54) is 19.3 Å². The van der Waals surface area contributed by atoms with Gasteiger partial charge in [0.15, 0.2) is 0 Å². The molecule has 1 fully saturated rings. The molecule has 0 heterocycles. The molecule has 1 amide bonds. The monoisotopic (exact) mass is 235 g/mol. The molecule has 16 heavy (non-hydrogen) atoms. The summed E-state index contributed by atoms with van der Waals surface area (Å²) in [7, 11) is 0. The Hall–Kier alpha value is -0.960. The van der Waals surface area contributed by atoms with Crippen LogP contribution < -0.4 is 5.32 Å². The highest BCUT2D eigenvalue weighted by molar-refractivity contribution is 7.80. The molecule has 1 aromatic carbocycles. The van der Waals surface area contributed by atoms with Crippen molar-refractivity contribution < 1.29 is 4.79 Å². The average Bonchev–Trinajstić information content (AvgIpc) is 2.22.